The number of carbonyl (C=O) groups excluding carboxylic acids is 2. The zero-order valence-electron chi connectivity index (χ0n) is 19.2. The molecule has 4 rings (SSSR count). The maximum atomic E-state index is 13.0. The molecule has 1 aliphatic heterocycles. The molecule has 0 saturated heterocycles. The number of hydrogen-bond donors (Lipinski definition) is 2. The van der Waals surface area contributed by atoms with E-state index in [-0.39, 0.29) is 18.2 Å². The minimum Gasteiger partial charge on any atom is -0.479 e. The number of hydrogen-bond acceptors (Lipinski definition) is 6. The first-order valence-corrected chi connectivity index (χ1v) is 11.8. The van der Waals surface area contributed by atoms with E-state index in [9.17, 15) is 9.59 Å². The summed E-state index contributed by atoms with van der Waals surface area (Å²) in [4.78, 5) is 25.9. The Morgan fingerprint density at radius 3 is 2.58 bits per heavy atom. The third-order valence-electron chi connectivity index (χ3n) is 5.27. The number of rotatable bonds is 9. The van der Waals surface area contributed by atoms with E-state index in [0.717, 1.165) is 5.56 Å². The predicted octanol–water partition coefficient (Wildman–Crippen LogP) is 4.37. The van der Waals surface area contributed by atoms with Gasteiger partial charge >= 0.3 is 0 Å². The van der Waals surface area contributed by atoms with E-state index in [1.165, 1.54) is 12.3 Å². The second-order valence-corrected chi connectivity index (χ2v) is 8.78. The summed E-state index contributed by atoms with van der Waals surface area (Å²) in [6.07, 6.45) is 0.814. The van der Waals surface area contributed by atoms with Crippen LogP contribution in [0.25, 0.3) is 0 Å². The van der Waals surface area contributed by atoms with Crippen LogP contribution < -0.4 is 25.0 Å². The molecule has 186 valence electrons. The second-order valence-electron chi connectivity index (χ2n) is 7.93. The van der Waals surface area contributed by atoms with Crippen LogP contribution in [0.3, 0.4) is 0 Å². The number of carbonyl (C=O) groups is 2. The van der Waals surface area contributed by atoms with Crippen molar-refractivity contribution in [1.82, 2.24) is 10.7 Å². The Morgan fingerprint density at radius 1 is 1.03 bits per heavy atom. The first-order chi connectivity index (χ1) is 17.4. The van der Waals surface area contributed by atoms with Crippen molar-refractivity contribution in [3.63, 3.8) is 0 Å². The summed E-state index contributed by atoms with van der Waals surface area (Å²) in [5.41, 5.74) is 4.08. The zero-order chi connectivity index (χ0) is 25.5. The fraction of sp³-hybridized carbons (Fsp3) is 0.192. The van der Waals surface area contributed by atoms with Crippen LogP contribution in [0.2, 0.25) is 10.0 Å². The lowest BCUT2D eigenvalue weighted by Gasteiger charge is -2.21. The summed E-state index contributed by atoms with van der Waals surface area (Å²) < 4.78 is 16.3. The Bertz CT molecular complexity index is 1270. The largest absolute Gasteiger partial charge is 0.479 e. The highest BCUT2D eigenvalue weighted by molar-refractivity contribution is 6.35. The molecule has 0 saturated carbocycles. The predicted molar refractivity (Wildman–Crippen MR) is 137 cm³/mol. The fourth-order valence-corrected chi connectivity index (χ4v) is 3.86. The summed E-state index contributed by atoms with van der Waals surface area (Å²) in [6.45, 7) is 1.73. The van der Waals surface area contributed by atoms with Crippen LogP contribution in [-0.4, -0.2) is 37.0 Å². The fourth-order valence-electron chi connectivity index (χ4n) is 3.40. The Kier molecular flexibility index (Phi) is 8.30. The number of nitrogens with one attached hydrogen (secondary N) is 2. The van der Waals surface area contributed by atoms with Crippen molar-refractivity contribution in [2.75, 3.05) is 6.79 Å². The summed E-state index contributed by atoms with van der Waals surface area (Å²) in [7, 11) is 0. The van der Waals surface area contributed by atoms with E-state index in [1.54, 1.807) is 37.3 Å². The smallest absolute Gasteiger partial charge is 0.262 e. The van der Waals surface area contributed by atoms with Gasteiger partial charge in [0.25, 0.3) is 11.8 Å². The highest BCUT2D eigenvalue weighted by Gasteiger charge is 2.25. The molecule has 0 aliphatic carbocycles. The SMILES string of the molecule is C[C@H](Oc1ccc(Cl)cc1Cl)C(=O)N[C@@H](Cc1ccccc1)C(=O)N/N=C\c1ccc2c(c1)OCO2. The molecule has 2 N–H and O–H groups in total. The molecule has 1 aliphatic rings. The molecule has 3 aromatic carbocycles. The van der Waals surface area contributed by atoms with Gasteiger partial charge in [-0.3, -0.25) is 9.59 Å². The monoisotopic (exact) mass is 527 g/mol. The van der Waals surface area contributed by atoms with E-state index in [0.29, 0.717) is 27.8 Å². The standard InChI is InChI=1S/C26H23Cl2N3O5/c1-16(36-22-10-8-19(27)13-20(22)28)25(32)30-21(11-17-5-3-2-4-6-17)26(33)31-29-14-18-7-9-23-24(12-18)35-15-34-23/h2-10,12-14,16,21H,11,15H2,1H3,(H,30,32)(H,31,33)/b29-14-/t16-,21-/m0/s1. The lowest BCUT2D eigenvalue weighted by atomic mass is 10.1. The minimum atomic E-state index is -0.924. The number of benzene rings is 3. The Labute approximate surface area is 218 Å². The Hall–Kier alpha value is -3.75. The molecule has 0 fully saturated rings. The number of hydrazone groups is 1. The average Bonchev–Trinajstić information content (AvgIpc) is 3.34. The zero-order valence-corrected chi connectivity index (χ0v) is 20.8. The van der Waals surface area contributed by atoms with Gasteiger partial charge in [-0.05, 0) is 54.4 Å². The highest BCUT2D eigenvalue weighted by atomic mass is 35.5. The minimum absolute atomic E-state index is 0.167. The van der Waals surface area contributed by atoms with Gasteiger partial charge in [-0.15, -0.1) is 0 Å². The molecular weight excluding hydrogens is 505 g/mol. The number of fused-ring (bicyclic) bond motifs is 1. The first kappa shape index (κ1) is 25.3. The lowest BCUT2D eigenvalue weighted by Crippen LogP contribution is -2.50. The molecule has 36 heavy (non-hydrogen) atoms. The number of amides is 2. The van der Waals surface area contributed by atoms with Gasteiger partial charge in [0.05, 0.1) is 11.2 Å². The van der Waals surface area contributed by atoms with Gasteiger partial charge in [0, 0.05) is 11.4 Å². The summed E-state index contributed by atoms with van der Waals surface area (Å²) in [6, 6.07) is 18.4. The van der Waals surface area contributed by atoms with E-state index >= 15 is 0 Å². The molecule has 0 radical (unpaired) electrons. The third-order valence-corrected chi connectivity index (χ3v) is 5.80. The van der Waals surface area contributed by atoms with Gasteiger partial charge in [-0.2, -0.15) is 5.10 Å². The van der Waals surface area contributed by atoms with Crippen molar-refractivity contribution in [2.24, 2.45) is 5.10 Å². The van der Waals surface area contributed by atoms with Crippen LogP contribution in [0.4, 0.5) is 0 Å². The second kappa shape index (κ2) is 11.8. The Balaban J connectivity index is 1.42. The van der Waals surface area contributed by atoms with Gasteiger partial charge in [0.15, 0.2) is 17.6 Å². The van der Waals surface area contributed by atoms with Crippen LogP contribution in [0.1, 0.15) is 18.1 Å². The number of halogens is 2. The highest BCUT2D eigenvalue weighted by Crippen LogP contribution is 2.32. The van der Waals surface area contributed by atoms with Crippen molar-refractivity contribution >= 4 is 41.2 Å². The maximum Gasteiger partial charge on any atom is 0.262 e. The molecular formula is C26H23Cl2N3O5. The molecule has 3 aromatic rings. The molecule has 2 atom stereocenters. The van der Waals surface area contributed by atoms with Crippen LogP contribution >= 0.6 is 23.2 Å². The lowest BCUT2D eigenvalue weighted by molar-refractivity contribution is -0.132. The van der Waals surface area contributed by atoms with Crippen molar-refractivity contribution in [3.8, 4) is 17.2 Å². The van der Waals surface area contributed by atoms with Crippen LogP contribution in [0.15, 0.2) is 71.8 Å². The van der Waals surface area contributed by atoms with E-state index < -0.39 is 24.0 Å². The molecule has 0 aromatic heterocycles. The summed E-state index contributed by atoms with van der Waals surface area (Å²) in [5.74, 6) is 0.589. The van der Waals surface area contributed by atoms with Crippen molar-refractivity contribution in [1.29, 1.82) is 0 Å². The molecule has 0 unspecified atom stereocenters. The molecule has 8 nitrogen and oxygen atoms in total. The number of ether oxygens (including phenoxy) is 3. The molecule has 10 heteroatoms. The van der Waals surface area contributed by atoms with Crippen molar-refractivity contribution < 1.29 is 23.8 Å². The van der Waals surface area contributed by atoms with Crippen LogP contribution in [0.5, 0.6) is 17.2 Å². The number of nitrogens with zero attached hydrogens (tertiary/aromatic N) is 1. The summed E-state index contributed by atoms with van der Waals surface area (Å²) >= 11 is 12.1. The van der Waals surface area contributed by atoms with Gasteiger partial charge in [0.1, 0.15) is 11.8 Å². The van der Waals surface area contributed by atoms with Crippen LogP contribution in [0, 0.1) is 0 Å². The third kappa shape index (κ3) is 6.68. The quantitative estimate of drug-likeness (QED) is 0.318. The van der Waals surface area contributed by atoms with Gasteiger partial charge < -0.3 is 19.5 Å². The van der Waals surface area contributed by atoms with E-state index in [2.05, 4.69) is 15.8 Å². The van der Waals surface area contributed by atoms with Gasteiger partial charge in [0.2, 0.25) is 6.79 Å². The average molecular weight is 528 g/mol. The Morgan fingerprint density at radius 2 is 1.81 bits per heavy atom. The van der Waals surface area contributed by atoms with Gasteiger partial charge in [-0.1, -0.05) is 53.5 Å². The maximum absolute atomic E-state index is 13.0. The van der Waals surface area contributed by atoms with E-state index in [1.807, 2.05) is 30.3 Å². The summed E-state index contributed by atoms with van der Waals surface area (Å²) in [5, 5.41) is 7.50. The first-order valence-electron chi connectivity index (χ1n) is 11.1. The molecule has 0 bridgehead atoms. The molecule has 2 amide bonds. The normalized spacial score (nSPS) is 13.8. The topological polar surface area (TPSA) is 98.2 Å². The van der Waals surface area contributed by atoms with Crippen molar-refractivity contribution in [3.05, 3.63) is 87.9 Å². The van der Waals surface area contributed by atoms with Crippen molar-refractivity contribution in [2.45, 2.75) is 25.5 Å². The van der Waals surface area contributed by atoms with E-state index in [4.69, 9.17) is 37.4 Å². The molecule has 0 spiro atoms. The molecule has 1 heterocycles. The van der Waals surface area contributed by atoms with Gasteiger partial charge in [-0.25, -0.2) is 5.43 Å². The van der Waals surface area contributed by atoms with Crippen LogP contribution in [-0.2, 0) is 16.0 Å².